The van der Waals surface area contributed by atoms with Crippen LogP contribution in [0.25, 0.3) is 0 Å². The number of β-lactam (4-membered cyclic amide) rings is 1. The third-order valence-corrected chi connectivity index (χ3v) is 3.96. The molecule has 1 aliphatic heterocycles. The van der Waals surface area contributed by atoms with Crippen LogP contribution in [0.2, 0.25) is 0 Å². The smallest absolute Gasteiger partial charge is 0.362 e. The second-order valence-corrected chi connectivity index (χ2v) is 5.58. The summed E-state index contributed by atoms with van der Waals surface area (Å²) in [6, 6.07) is 8.40. The van der Waals surface area contributed by atoms with Crippen molar-refractivity contribution in [1.29, 1.82) is 0 Å². The molecule has 1 aliphatic rings. The van der Waals surface area contributed by atoms with Crippen molar-refractivity contribution in [2.24, 2.45) is 11.7 Å². The van der Waals surface area contributed by atoms with Crippen molar-refractivity contribution in [2.75, 3.05) is 6.54 Å². The van der Waals surface area contributed by atoms with Gasteiger partial charge < -0.3 is 5.73 Å². The van der Waals surface area contributed by atoms with Gasteiger partial charge in [0.05, 0.1) is 18.4 Å². The Morgan fingerprint density at radius 3 is 2.37 bits per heavy atom. The maximum absolute atomic E-state index is 11.7. The van der Waals surface area contributed by atoms with Crippen molar-refractivity contribution in [3.8, 4) is 0 Å². The molecule has 2 atom stereocenters. The summed E-state index contributed by atoms with van der Waals surface area (Å²) in [4.78, 5) is 23.2. The largest absolute Gasteiger partial charge is 0.369 e. The van der Waals surface area contributed by atoms with Crippen LogP contribution < -0.4 is 5.73 Å². The van der Waals surface area contributed by atoms with Gasteiger partial charge in [-0.2, -0.15) is 8.42 Å². The van der Waals surface area contributed by atoms with Gasteiger partial charge >= 0.3 is 10.3 Å². The van der Waals surface area contributed by atoms with Crippen LogP contribution in [0, 0.1) is 5.92 Å². The highest BCUT2D eigenvalue weighted by Crippen LogP contribution is 2.34. The van der Waals surface area contributed by atoms with Crippen LogP contribution >= 0.6 is 0 Å². The lowest BCUT2D eigenvalue weighted by molar-refractivity contribution is -0.144. The van der Waals surface area contributed by atoms with Crippen molar-refractivity contribution in [2.45, 2.75) is 5.92 Å². The molecule has 1 aromatic carbocycles. The number of nitrogens with zero attached hydrogens (tertiary/aromatic N) is 1. The van der Waals surface area contributed by atoms with Crippen molar-refractivity contribution in [1.82, 2.24) is 4.31 Å². The Kier molecular flexibility index (Phi) is 3.29. The van der Waals surface area contributed by atoms with Crippen LogP contribution in [0.3, 0.4) is 0 Å². The second-order valence-electron chi connectivity index (χ2n) is 4.24. The van der Waals surface area contributed by atoms with E-state index in [1.54, 1.807) is 30.3 Å². The van der Waals surface area contributed by atoms with E-state index in [-0.39, 0.29) is 6.54 Å². The maximum Gasteiger partial charge on any atom is 0.362 e. The van der Waals surface area contributed by atoms with Crippen LogP contribution in [-0.4, -0.2) is 35.6 Å². The fourth-order valence-corrected chi connectivity index (χ4v) is 2.84. The Morgan fingerprint density at radius 2 is 1.95 bits per heavy atom. The van der Waals surface area contributed by atoms with Gasteiger partial charge in [-0.25, -0.2) is 4.31 Å². The molecular weight excluding hydrogens is 272 g/mol. The van der Waals surface area contributed by atoms with E-state index in [4.69, 9.17) is 10.3 Å². The van der Waals surface area contributed by atoms with E-state index in [1.165, 1.54) is 0 Å². The van der Waals surface area contributed by atoms with Gasteiger partial charge in [0, 0.05) is 0 Å². The minimum absolute atomic E-state index is 0.250. The molecule has 3 N–H and O–H groups in total. The normalized spacial score (nSPS) is 20.8. The molecule has 102 valence electrons. The molecule has 1 fully saturated rings. The van der Waals surface area contributed by atoms with Gasteiger partial charge in [0.15, 0.2) is 0 Å². The number of hydrogen-bond acceptors (Lipinski definition) is 4. The summed E-state index contributed by atoms with van der Waals surface area (Å²) in [5, 5.41) is 0. The summed E-state index contributed by atoms with van der Waals surface area (Å²) in [5.41, 5.74) is 5.82. The number of nitrogens with two attached hydrogens (primary N) is 1. The van der Waals surface area contributed by atoms with Crippen LogP contribution in [0.5, 0.6) is 0 Å². The lowest BCUT2D eigenvalue weighted by Crippen LogP contribution is -2.58. The Balaban J connectivity index is 2.26. The monoisotopic (exact) mass is 284 g/mol. The van der Waals surface area contributed by atoms with E-state index in [0.717, 1.165) is 0 Å². The molecule has 2 rings (SSSR count). The number of rotatable bonds is 4. The minimum atomic E-state index is -4.56. The first kappa shape index (κ1) is 13.5. The zero-order valence-corrected chi connectivity index (χ0v) is 10.6. The van der Waals surface area contributed by atoms with Gasteiger partial charge in [-0.05, 0) is 5.56 Å². The van der Waals surface area contributed by atoms with Gasteiger partial charge in [-0.1, -0.05) is 30.3 Å². The molecule has 1 heterocycles. The molecule has 0 saturated carbocycles. The van der Waals surface area contributed by atoms with Gasteiger partial charge in [0.1, 0.15) is 0 Å². The lowest BCUT2D eigenvalue weighted by Gasteiger charge is -2.38. The third kappa shape index (κ3) is 2.45. The first-order valence-corrected chi connectivity index (χ1v) is 6.85. The molecule has 0 spiro atoms. The van der Waals surface area contributed by atoms with E-state index >= 15 is 0 Å². The maximum atomic E-state index is 11.7. The predicted molar refractivity (Wildman–Crippen MR) is 65.1 cm³/mol. The van der Waals surface area contributed by atoms with Gasteiger partial charge in [0.25, 0.3) is 0 Å². The topological polar surface area (TPSA) is 118 Å². The highest BCUT2D eigenvalue weighted by atomic mass is 32.2. The van der Waals surface area contributed by atoms with E-state index < -0.39 is 34.0 Å². The summed E-state index contributed by atoms with van der Waals surface area (Å²) in [7, 11) is -4.56. The first-order chi connectivity index (χ1) is 8.82. The average molecular weight is 284 g/mol. The predicted octanol–water partition coefficient (Wildman–Crippen LogP) is -0.483. The lowest BCUT2D eigenvalue weighted by atomic mass is 9.81. The van der Waals surface area contributed by atoms with Crippen molar-refractivity contribution in [3.63, 3.8) is 0 Å². The van der Waals surface area contributed by atoms with Crippen LogP contribution in [0.15, 0.2) is 30.3 Å². The minimum Gasteiger partial charge on any atom is -0.369 e. The highest BCUT2D eigenvalue weighted by Gasteiger charge is 2.49. The summed E-state index contributed by atoms with van der Waals surface area (Å²) in [6.45, 7) is -0.250. The van der Waals surface area contributed by atoms with E-state index in [9.17, 15) is 18.0 Å². The molecule has 2 amide bonds. The summed E-state index contributed by atoms with van der Waals surface area (Å²) in [6.07, 6.45) is 0. The van der Waals surface area contributed by atoms with E-state index in [2.05, 4.69) is 0 Å². The number of amides is 2. The Bertz CT molecular complexity index is 613. The number of primary amides is 1. The Hall–Kier alpha value is -1.93. The number of hydrogen-bond donors (Lipinski definition) is 2. The molecule has 0 radical (unpaired) electrons. The second kappa shape index (κ2) is 4.63. The molecule has 1 saturated heterocycles. The van der Waals surface area contributed by atoms with E-state index in [1.807, 2.05) is 0 Å². The van der Waals surface area contributed by atoms with Crippen LogP contribution in [0.1, 0.15) is 11.5 Å². The van der Waals surface area contributed by atoms with Crippen LogP contribution in [0.4, 0.5) is 0 Å². The van der Waals surface area contributed by atoms with Crippen molar-refractivity contribution in [3.05, 3.63) is 35.9 Å². The summed E-state index contributed by atoms with van der Waals surface area (Å²) >= 11 is 0. The summed E-state index contributed by atoms with van der Waals surface area (Å²) < 4.78 is 30.8. The SMILES string of the molecule is NC(=O)C(c1ccccc1)C1CN(S(=O)(=O)O)C1=O. The molecule has 2 unspecified atom stereocenters. The fraction of sp³-hybridized carbons (Fsp3) is 0.273. The molecule has 0 bridgehead atoms. The molecule has 0 aromatic heterocycles. The zero-order chi connectivity index (χ0) is 14.2. The van der Waals surface area contributed by atoms with Gasteiger partial charge in [-0.15, -0.1) is 0 Å². The van der Waals surface area contributed by atoms with Gasteiger partial charge in [-0.3, -0.25) is 14.1 Å². The van der Waals surface area contributed by atoms with Crippen molar-refractivity contribution >= 4 is 22.1 Å². The number of carbonyl (C=O) groups is 2. The van der Waals surface area contributed by atoms with E-state index in [0.29, 0.717) is 9.87 Å². The molecule has 0 aliphatic carbocycles. The zero-order valence-electron chi connectivity index (χ0n) is 9.76. The first-order valence-electron chi connectivity index (χ1n) is 5.45. The average Bonchev–Trinajstić information content (AvgIpc) is 2.32. The van der Waals surface area contributed by atoms with Crippen LogP contribution in [-0.2, 0) is 19.9 Å². The molecule has 8 heteroatoms. The quantitative estimate of drug-likeness (QED) is 0.571. The number of carbonyl (C=O) groups excluding carboxylic acids is 2. The molecule has 19 heavy (non-hydrogen) atoms. The highest BCUT2D eigenvalue weighted by molar-refractivity contribution is 7.84. The molecule has 7 nitrogen and oxygen atoms in total. The number of benzene rings is 1. The fourth-order valence-electron chi connectivity index (χ4n) is 2.13. The Labute approximate surface area is 109 Å². The van der Waals surface area contributed by atoms with Gasteiger partial charge in [0.2, 0.25) is 11.8 Å². The standard InChI is InChI=1S/C11H12N2O5S/c12-10(14)9(7-4-2-1-3-5-7)8-6-13(11(8)15)19(16,17)18/h1-5,8-9H,6H2,(H2,12,14)(H,16,17,18). The Morgan fingerprint density at radius 1 is 1.37 bits per heavy atom. The molecular formula is C11H12N2O5S. The summed E-state index contributed by atoms with van der Waals surface area (Å²) in [5.74, 6) is -3.29. The third-order valence-electron chi connectivity index (χ3n) is 3.07. The molecule has 1 aromatic rings. The van der Waals surface area contributed by atoms with Crippen molar-refractivity contribution < 1.29 is 22.6 Å².